The number of aliphatic imine (C=N–C) groups is 1. The zero-order chi connectivity index (χ0) is 20.4. The summed E-state index contributed by atoms with van der Waals surface area (Å²) in [5.74, 6) is 0.123. The minimum atomic E-state index is -0.274. The van der Waals surface area contributed by atoms with Crippen LogP contribution in [0.25, 0.3) is 16.8 Å². The van der Waals surface area contributed by atoms with Gasteiger partial charge in [-0.1, -0.05) is 18.7 Å². The molecule has 0 saturated carbocycles. The Bertz CT molecular complexity index is 1090. The molecule has 146 valence electrons. The SMILES string of the molecule is C=C/C=C\N=C(/N)C1=CNC2C=CC(c3cn(C)nc3-c3ccc(F)cc3)=CN12. The first-order chi connectivity index (χ1) is 14.1. The first-order valence-electron chi connectivity index (χ1n) is 9.12. The summed E-state index contributed by atoms with van der Waals surface area (Å²) in [5.41, 5.74) is 10.5. The number of aryl methyl sites for hydroxylation is 1. The maximum Gasteiger partial charge on any atom is 0.148 e. The van der Waals surface area contributed by atoms with E-state index in [2.05, 4.69) is 22.0 Å². The number of hydrogen-bond acceptors (Lipinski definition) is 4. The van der Waals surface area contributed by atoms with Crippen LogP contribution in [0, 0.1) is 5.82 Å². The second-order valence-corrected chi connectivity index (χ2v) is 6.66. The third kappa shape index (κ3) is 3.62. The summed E-state index contributed by atoms with van der Waals surface area (Å²) in [6, 6.07) is 6.34. The van der Waals surface area contributed by atoms with Gasteiger partial charge in [0.1, 0.15) is 29.2 Å². The molecule has 1 atom stereocenters. The Morgan fingerprint density at radius 1 is 1.34 bits per heavy atom. The van der Waals surface area contributed by atoms with Gasteiger partial charge in [0.2, 0.25) is 0 Å². The van der Waals surface area contributed by atoms with Crippen molar-refractivity contribution in [3.05, 3.63) is 97.0 Å². The van der Waals surface area contributed by atoms with Crippen molar-refractivity contribution in [2.45, 2.75) is 6.17 Å². The Morgan fingerprint density at radius 2 is 2.14 bits per heavy atom. The molecule has 0 fully saturated rings. The highest BCUT2D eigenvalue weighted by Crippen LogP contribution is 2.33. The summed E-state index contributed by atoms with van der Waals surface area (Å²) < 4.78 is 15.1. The minimum Gasteiger partial charge on any atom is -0.382 e. The van der Waals surface area contributed by atoms with E-state index < -0.39 is 0 Å². The van der Waals surface area contributed by atoms with Gasteiger partial charge in [0.25, 0.3) is 0 Å². The Kier molecular flexibility index (Phi) is 4.87. The van der Waals surface area contributed by atoms with Gasteiger partial charge in [-0.05, 0) is 36.4 Å². The topological polar surface area (TPSA) is 71.5 Å². The van der Waals surface area contributed by atoms with Gasteiger partial charge >= 0.3 is 0 Å². The second-order valence-electron chi connectivity index (χ2n) is 6.66. The van der Waals surface area contributed by atoms with E-state index in [9.17, 15) is 4.39 Å². The third-order valence-corrected chi connectivity index (χ3v) is 4.66. The molecule has 3 N–H and O–H groups in total. The summed E-state index contributed by atoms with van der Waals surface area (Å²) in [4.78, 5) is 6.27. The molecule has 0 aliphatic carbocycles. The summed E-state index contributed by atoms with van der Waals surface area (Å²) in [6.45, 7) is 3.62. The van der Waals surface area contributed by atoms with Gasteiger partial charge in [0.15, 0.2) is 0 Å². The number of allylic oxidation sites excluding steroid dienone is 4. The van der Waals surface area contributed by atoms with E-state index >= 15 is 0 Å². The number of rotatable bonds is 5. The summed E-state index contributed by atoms with van der Waals surface area (Å²) in [6.07, 6.45) is 14.8. The molecule has 3 heterocycles. The molecule has 0 bridgehead atoms. The van der Waals surface area contributed by atoms with Crippen LogP contribution >= 0.6 is 0 Å². The van der Waals surface area contributed by atoms with E-state index in [-0.39, 0.29) is 12.0 Å². The van der Waals surface area contributed by atoms with Crippen molar-refractivity contribution in [2.24, 2.45) is 17.8 Å². The standard InChI is InChI=1S/C22H21FN6/c1-3-4-11-25-22(24)19-12-26-20-10-7-16(13-29(19)20)18-14-28(2)27-21(18)15-5-8-17(23)9-6-15/h3-14,20,26H,1H2,2H3,(H2,24,25)/b11-4-. The largest absolute Gasteiger partial charge is 0.382 e. The van der Waals surface area contributed by atoms with Gasteiger partial charge in [-0.2, -0.15) is 5.10 Å². The van der Waals surface area contributed by atoms with E-state index in [1.807, 2.05) is 42.7 Å². The van der Waals surface area contributed by atoms with Gasteiger partial charge in [0.05, 0.1) is 0 Å². The number of nitrogens with two attached hydrogens (primary N) is 1. The zero-order valence-corrected chi connectivity index (χ0v) is 16.0. The number of fused-ring (bicyclic) bond motifs is 1. The second kappa shape index (κ2) is 7.63. The number of nitrogens with one attached hydrogen (secondary N) is 1. The maximum atomic E-state index is 13.3. The molecule has 2 aromatic rings. The fraction of sp³-hybridized carbons (Fsp3) is 0.0909. The average molecular weight is 388 g/mol. The number of hydrogen-bond donors (Lipinski definition) is 2. The summed E-state index contributed by atoms with van der Waals surface area (Å²) >= 11 is 0. The van der Waals surface area contributed by atoms with Crippen molar-refractivity contribution >= 4 is 11.4 Å². The van der Waals surface area contributed by atoms with E-state index in [0.29, 0.717) is 5.84 Å². The van der Waals surface area contributed by atoms with Crippen molar-refractivity contribution < 1.29 is 4.39 Å². The van der Waals surface area contributed by atoms with Gasteiger partial charge < -0.3 is 16.0 Å². The molecular formula is C22H21FN6. The predicted molar refractivity (Wildman–Crippen MR) is 114 cm³/mol. The van der Waals surface area contributed by atoms with Crippen LogP contribution in [0.3, 0.4) is 0 Å². The monoisotopic (exact) mass is 388 g/mol. The molecule has 2 aliphatic heterocycles. The highest BCUT2D eigenvalue weighted by molar-refractivity contribution is 5.98. The molecule has 4 rings (SSSR count). The summed E-state index contributed by atoms with van der Waals surface area (Å²) in [5, 5.41) is 7.85. The van der Waals surface area contributed by atoms with Crippen LogP contribution in [0.4, 0.5) is 4.39 Å². The lowest BCUT2D eigenvalue weighted by atomic mass is 10.00. The van der Waals surface area contributed by atoms with Gasteiger partial charge in [-0.25, -0.2) is 9.38 Å². The first kappa shape index (κ1) is 18.5. The molecule has 0 amide bonds. The van der Waals surface area contributed by atoms with E-state index in [0.717, 1.165) is 28.1 Å². The maximum absolute atomic E-state index is 13.3. The van der Waals surface area contributed by atoms with Crippen molar-refractivity contribution in [2.75, 3.05) is 0 Å². The van der Waals surface area contributed by atoms with Crippen LogP contribution in [0.1, 0.15) is 5.56 Å². The number of nitrogens with zero attached hydrogens (tertiary/aromatic N) is 4. The summed E-state index contributed by atoms with van der Waals surface area (Å²) in [7, 11) is 1.87. The minimum absolute atomic E-state index is 0.0307. The van der Waals surface area contributed by atoms with Crippen molar-refractivity contribution in [3.8, 4) is 11.3 Å². The van der Waals surface area contributed by atoms with E-state index in [4.69, 9.17) is 5.73 Å². The average Bonchev–Trinajstić information content (AvgIpc) is 3.31. The lowest BCUT2D eigenvalue weighted by Gasteiger charge is -2.27. The molecule has 7 heteroatoms. The Balaban J connectivity index is 1.70. The molecule has 1 aromatic carbocycles. The quantitative estimate of drug-likeness (QED) is 0.469. The van der Waals surface area contributed by atoms with Crippen LogP contribution in [0.15, 0.2) is 90.6 Å². The molecular weight excluding hydrogens is 367 g/mol. The molecule has 0 spiro atoms. The predicted octanol–water partition coefficient (Wildman–Crippen LogP) is 3.27. The first-order valence-corrected chi connectivity index (χ1v) is 9.12. The number of benzene rings is 1. The van der Waals surface area contributed by atoms with Crippen molar-refractivity contribution in [3.63, 3.8) is 0 Å². The van der Waals surface area contributed by atoms with Crippen molar-refractivity contribution in [1.29, 1.82) is 0 Å². The molecule has 1 aromatic heterocycles. The van der Waals surface area contributed by atoms with Crippen LogP contribution in [0.2, 0.25) is 0 Å². The number of aromatic nitrogens is 2. The third-order valence-electron chi connectivity index (χ3n) is 4.66. The lowest BCUT2D eigenvalue weighted by molar-refractivity contribution is 0.415. The zero-order valence-electron chi connectivity index (χ0n) is 16.0. The molecule has 1 unspecified atom stereocenters. The molecule has 0 radical (unpaired) electrons. The molecule has 29 heavy (non-hydrogen) atoms. The Hall–Kier alpha value is -3.87. The van der Waals surface area contributed by atoms with Gasteiger partial charge in [-0.15, -0.1) is 0 Å². The fourth-order valence-corrected chi connectivity index (χ4v) is 3.29. The number of halogens is 1. The smallest absolute Gasteiger partial charge is 0.148 e. The van der Waals surface area contributed by atoms with Crippen LogP contribution in [-0.2, 0) is 7.05 Å². The van der Waals surface area contributed by atoms with Crippen LogP contribution < -0.4 is 11.1 Å². The van der Waals surface area contributed by atoms with E-state index in [1.165, 1.54) is 12.1 Å². The molecule has 2 aliphatic rings. The van der Waals surface area contributed by atoms with Gasteiger partial charge in [0, 0.05) is 48.5 Å². The Labute approximate surface area is 168 Å². The molecule has 0 saturated heterocycles. The van der Waals surface area contributed by atoms with E-state index in [1.54, 1.807) is 35.2 Å². The highest BCUT2D eigenvalue weighted by atomic mass is 19.1. The lowest BCUT2D eigenvalue weighted by Crippen LogP contribution is -2.36. The normalized spacial score (nSPS) is 18.5. The Morgan fingerprint density at radius 3 is 2.90 bits per heavy atom. The fourth-order valence-electron chi connectivity index (χ4n) is 3.29. The van der Waals surface area contributed by atoms with Crippen LogP contribution in [0.5, 0.6) is 0 Å². The molecule has 6 nitrogen and oxygen atoms in total. The van der Waals surface area contributed by atoms with Crippen molar-refractivity contribution in [1.82, 2.24) is 20.0 Å². The van der Waals surface area contributed by atoms with Crippen LogP contribution in [-0.4, -0.2) is 26.7 Å². The number of amidine groups is 1. The highest BCUT2D eigenvalue weighted by Gasteiger charge is 2.28. The van der Waals surface area contributed by atoms with Gasteiger partial charge in [-0.3, -0.25) is 4.68 Å².